The molecule has 0 saturated heterocycles. The number of aromatic nitrogens is 2. The van der Waals surface area contributed by atoms with Crippen molar-refractivity contribution in [1.82, 2.24) is 8.96 Å². The molecule has 3 aromatic rings. The number of ether oxygens (including phenoxy) is 1. The fraction of sp³-hybridized carbons (Fsp3) is 0.0714. The molecule has 0 amide bonds. The van der Waals surface area contributed by atoms with Crippen LogP contribution < -0.4 is 10.4 Å². The van der Waals surface area contributed by atoms with E-state index >= 15 is 0 Å². The van der Waals surface area contributed by atoms with Crippen LogP contribution in [0, 0.1) is 10.1 Å². The summed E-state index contributed by atoms with van der Waals surface area (Å²) < 4.78 is 30.4. The Balaban J connectivity index is 2.25. The lowest BCUT2D eigenvalue weighted by molar-refractivity contribution is -0.383. The summed E-state index contributed by atoms with van der Waals surface area (Å²) in [5, 5.41) is 21.0. The van der Waals surface area contributed by atoms with Crippen molar-refractivity contribution in [3.8, 4) is 11.6 Å². The lowest BCUT2D eigenvalue weighted by Gasteiger charge is -2.08. The standard InChI is InChI=1S/C14H11N3O7S/c1-24-11-5-2-8-6-9(3-4-10(8)13(11)17(20)21)25(22,23)16-7-12(18)15-14(16)19/h2-7,18H,1H3,(H,15,19). The topological polar surface area (TPSA) is 145 Å². The molecule has 0 aliphatic rings. The highest BCUT2D eigenvalue weighted by Gasteiger charge is 2.24. The van der Waals surface area contributed by atoms with Crippen LogP contribution in [0.1, 0.15) is 0 Å². The number of fused-ring (bicyclic) bond motifs is 1. The minimum Gasteiger partial charge on any atom is -0.493 e. The number of aromatic hydroxyl groups is 1. The molecule has 0 aliphatic heterocycles. The minimum atomic E-state index is -4.28. The van der Waals surface area contributed by atoms with Crippen molar-refractivity contribution in [2.45, 2.75) is 4.90 Å². The molecule has 0 fully saturated rings. The van der Waals surface area contributed by atoms with Gasteiger partial charge < -0.3 is 9.84 Å². The number of methoxy groups -OCH3 is 1. The molecule has 11 heteroatoms. The molecular weight excluding hydrogens is 354 g/mol. The zero-order chi connectivity index (χ0) is 18.4. The smallest absolute Gasteiger partial charge is 0.342 e. The average Bonchev–Trinajstić information content (AvgIpc) is 2.92. The second-order valence-corrected chi connectivity index (χ2v) is 6.82. The first kappa shape index (κ1) is 16.5. The SMILES string of the molecule is COc1ccc2cc(S(=O)(=O)n3cc(O)[nH]c3=O)ccc2c1[N+](=O)[O-]. The number of hydrogen-bond acceptors (Lipinski definition) is 7. The number of benzene rings is 2. The van der Waals surface area contributed by atoms with Gasteiger partial charge in [0.15, 0.2) is 5.75 Å². The molecule has 0 aliphatic carbocycles. The van der Waals surface area contributed by atoms with Gasteiger partial charge in [0.05, 0.1) is 28.5 Å². The average molecular weight is 365 g/mol. The highest BCUT2D eigenvalue weighted by atomic mass is 32.2. The maximum absolute atomic E-state index is 12.5. The first-order valence-corrected chi connectivity index (χ1v) is 8.21. The van der Waals surface area contributed by atoms with Crippen LogP contribution in [0.15, 0.2) is 46.2 Å². The van der Waals surface area contributed by atoms with E-state index < -0.39 is 26.5 Å². The van der Waals surface area contributed by atoms with Crippen molar-refractivity contribution in [3.05, 3.63) is 57.1 Å². The Hall–Kier alpha value is -3.34. The van der Waals surface area contributed by atoms with Gasteiger partial charge in [0, 0.05) is 0 Å². The Labute approximate surface area is 140 Å². The zero-order valence-electron chi connectivity index (χ0n) is 12.7. The van der Waals surface area contributed by atoms with Crippen LogP contribution in [0.5, 0.6) is 11.6 Å². The fourth-order valence-electron chi connectivity index (χ4n) is 2.44. The molecule has 0 bridgehead atoms. The Morgan fingerprint density at radius 1 is 1.28 bits per heavy atom. The summed E-state index contributed by atoms with van der Waals surface area (Å²) in [6.07, 6.45) is 0.734. The molecule has 10 nitrogen and oxygen atoms in total. The van der Waals surface area contributed by atoms with Gasteiger partial charge in [-0.15, -0.1) is 0 Å². The third-order valence-corrected chi connectivity index (χ3v) is 5.20. The van der Waals surface area contributed by atoms with E-state index in [4.69, 9.17) is 4.74 Å². The summed E-state index contributed by atoms with van der Waals surface area (Å²) in [4.78, 5) is 23.9. The van der Waals surface area contributed by atoms with E-state index in [1.165, 1.54) is 31.4 Å². The number of rotatable bonds is 4. The van der Waals surface area contributed by atoms with Crippen molar-refractivity contribution in [3.63, 3.8) is 0 Å². The van der Waals surface area contributed by atoms with Crippen molar-refractivity contribution in [2.24, 2.45) is 0 Å². The molecule has 1 aromatic heterocycles. The highest BCUT2D eigenvalue weighted by molar-refractivity contribution is 7.90. The third kappa shape index (κ3) is 2.59. The molecule has 0 atom stereocenters. The molecule has 0 unspecified atom stereocenters. The van der Waals surface area contributed by atoms with Gasteiger partial charge >= 0.3 is 11.4 Å². The lowest BCUT2D eigenvalue weighted by atomic mass is 10.1. The maximum atomic E-state index is 12.5. The van der Waals surface area contributed by atoms with E-state index in [0.717, 1.165) is 12.3 Å². The molecule has 130 valence electrons. The van der Waals surface area contributed by atoms with Gasteiger partial charge in [0.25, 0.3) is 10.0 Å². The van der Waals surface area contributed by atoms with Crippen molar-refractivity contribution < 1.29 is 23.2 Å². The van der Waals surface area contributed by atoms with Crippen LogP contribution in [0.2, 0.25) is 0 Å². The Bertz CT molecular complexity index is 1160. The van der Waals surface area contributed by atoms with E-state index in [2.05, 4.69) is 0 Å². The lowest BCUT2D eigenvalue weighted by Crippen LogP contribution is -2.24. The number of H-pyrrole nitrogens is 1. The summed E-state index contributed by atoms with van der Waals surface area (Å²) in [6, 6.07) is 6.43. The van der Waals surface area contributed by atoms with Crippen molar-refractivity contribution in [1.29, 1.82) is 0 Å². The number of nitro groups is 1. The van der Waals surface area contributed by atoms with Gasteiger partial charge in [0.1, 0.15) is 0 Å². The van der Waals surface area contributed by atoms with Crippen LogP contribution >= 0.6 is 0 Å². The minimum absolute atomic E-state index is 0.0416. The van der Waals surface area contributed by atoms with Crippen LogP contribution in [0.4, 0.5) is 5.69 Å². The Kier molecular flexibility index (Phi) is 3.72. The number of nitrogens with one attached hydrogen (secondary N) is 1. The van der Waals surface area contributed by atoms with Gasteiger partial charge in [0.2, 0.25) is 5.88 Å². The summed E-state index contributed by atoms with van der Waals surface area (Å²) in [7, 11) is -2.99. The van der Waals surface area contributed by atoms with Crippen molar-refractivity contribution >= 4 is 26.5 Å². The van der Waals surface area contributed by atoms with Gasteiger partial charge in [-0.2, -0.15) is 3.97 Å². The number of hydrogen-bond donors (Lipinski definition) is 2. The van der Waals surface area contributed by atoms with Crippen molar-refractivity contribution in [2.75, 3.05) is 7.11 Å². The van der Waals surface area contributed by atoms with E-state index in [0.29, 0.717) is 3.97 Å². The monoisotopic (exact) mass is 365 g/mol. The van der Waals surface area contributed by atoms with Crippen LogP contribution in [-0.4, -0.2) is 34.5 Å². The Morgan fingerprint density at radius 3 is 2.56 bits per heavy atom. The highest BCUT2D eigenvalue weighted by Crippen LogP contribution is 2.36. The van der Waals surface area contributed by atoms with Crippen LogP contribution in [-0.2, 0) is 10.0 Å². The van der Waals surface area contributed by atoms with Crippen LogP contribution in [0.3, 0.4) is 0 Å². The van der Waals surface area contributed by atoms with Gasteiger partial charge in [-0.05, 0) is 29.7 Å². The quantitative estimate of drug-likeness (QED) is 0.522. The molecule has 0 radical (unpaired) electrons. The fourth-order valence-corrected chi connectivity index (χ4v) is 3.69. The zero-order valence-corrected chi connectivity index (χ0v) is 13.5. The first-order valence-electron chi connectivity index (χ1n) is 6.77. The van der Waals surface area contributed by atoms with E-state index in [-0.39, 0.29) is 27.1 Å². The molecule has 0 spiro atoms. The predicted molar refractivity (Wildman–Crippen MR) is 86.5 cm³/mol. The van der Waals surface area contributed by atoms with E-state index in [9.17, 15) is 28.4 Å². The third-order valence-electron chi connectivity index (χ3n) is 3.56. The molecule has 0 saturated carbocycles. The van der Waals surface area contributed by atoms with Crippen LogP contribution in [0.25, 0.3) is 10.8 Å². The molecule has 2 N–H and O–H groups in total. The van der Waals surface area contributed by atoms with Gasteiger partial charge in [-0.25, -0.2) is 13.2 Å². The number of nitro benzene ring substituents is 1. The summed E-state index contributed by atoms with van der Waals surface area (Å²) in [5.41, 5.74) is -1.32. The second kappa shape index (κ2) is 5.63. The predicted octanol–water partition coefficient (Wildman–Crippen LogP) is 1.19. The van der Waals surface area contributed by atoms with E-state index in [1.807, 2.05) is 4.98 Å². The number of aromatic amines is 1. The summed E-state index contributed by atoms with van der Waals surface area (Å²) in [5.74, 6) is -0.561. The number of imidazole rings is 1. The first-order chi connectivity index (χ1) is 11.8. The van der Waals surface area contributed by atoms with Gasteiger partial charge in [-0.3, -0.25) is 15.1 Å². The Morgan fingerprint density at radius 2 is 2.00 bits per heavy atom. The normalized spacial score (nSPS) is 11.6. The second-order valence-electron chi connectivity index (χ2n) is 5.00. The van der Waals surface area contributed by atoms with Gasteiger partial charge in [-0.1, -0.05) is 6.07 Å². The van der Waals surface area contributed by atoms with E-state index in [1.54, 1.807) is 0 Å². The summed E-state index contributed by atoms with van der Waals surface area (Å²) in [6.45, 7) is 0. The molecule has 2 aromatic carbocycles. The molecule has 25 heavy (non-hydrogen) atoms. The largest absolute Gasteiger partial charge is 0.493 e. The molecular formula is C14H11N3O7S. The molecule has 1 heterocycles. The maximum Gasteiger partial charge on any atom is 0.342 e. The number of nitrogens with zero attached hydrogens (tertiary/aromatic N) is 2. The summed E-state index contributed by atoms with van der Waals surface area (Å²) >= 11 is 0. The molecule has 3 rings (SSSR count).